The Labute approximate surface area is 135 Å². The zero-order valence-electron chi connectivity index (χ0n) is 13.9. The SMILES string of the molecule is COC(=O)c1nc(CC2=CCN(C(=O)OC(C)(C)C)CC2)co1. The van der Waals surface area contributed by atoms with Gasteiger partial charge in [0.05, 0.1) is 12.8 Å². The second-order valence-electron chi connectivity index (χ2n) is 6.35. The minimum atomic E-state index is -0.593. The van der Waals surface area contributed by atoms with E-state index in [-0.39, 0.29) is 12.0 Å². The Morgan fingerprint density at radius 2 is 2.13 bits per heavy atom. The van der Waals surface area contributed by atoms with Gasteiger partial charge >= 0.3 is 18.0 Å². The largest absolute Gasteiger partial charge is 0.462 e. The van der Waals surface area contributed by atoms with E-state index in [0.717, 1.165) is 12.0 Å². The lowest BCUT2D eigenvalue weighted by Gasteiger charge is -2.29. The summed E-state index contributed by atoms with van der Waals surface area (Å²) in [7, 11) is 1.28. The molecule has 126 valence electrons. The normalized spacial score (nSPS) is 15.1. The molecule has 0 spiro atoms. The molecule has 2 heterocycles. The molecule has 0 bridgehead atoms. The Hall–Kier alpha value is -2.31. The third-order valence-corrected chi connectivity index (χ3v) is 3.27. The fourth-order valence-corrected chi connectivity index (χ4v) is 2.17. The molecule has 1 aliphatic heterocycles. The molecule has 0 radical (unpaired) electrons. The number of oxazole rings is 1. The quantitative estimate of drug-likeness (QED) is 0.628. The van der Waals surface area contributed by atoms with Gasteiger partial charge in [0.1, 0.15) is 11.9 Å². The lowest BCUT2D eigenvalue weighted by molar-refractivity contribution is 0.0265. The molecule has 0 atom stereocenters. The number of rotatable bonds is 3. The highest BCUT2D eigenvalue weighted by atomic mass is 16.6. The molecule has 23 heavy (non-hydrogen) atoms. The molecule has 1 aromatic heterocycles. The molecule has 1 aliphatic rings. The first-order valence-electron chi connectivity index (χ1n) is 7.47. The van der Waals surface area contributed by atoms with Crippen LogP contribution in [0.15, 0.2) is 22.3 Å². The Bertz CT molecular complexity index is 612. The molecular weight excluding hydrogens is 300 g/mol. The maximum absolute atomic E-state index is 12.0. The van der Waals surface area contributed by atoms with E-state index < -0.39 is 11.6 Å². The summed E-state index contributed by atoms with van der Waals surface area (Å²) in [5, 5.41) is 0. The molecule has 0 aromatic carbocycles. The van der Waals surface area contributed by atoms with Gasteiger partial charge in [-0.05, 0) is 27.2 Å². The van der Waals surface area contributed by atoms with Crippen LogP contribution in [-0.2, 0) is 15.9 Å². The summed E-state index contributed by atoms with van der Waals surface area (Å²) in [6.45, 7) is 6.65. The number of nitrogens with zero attached hydrogens (tertiary/aromatic N) is 2. The van der Waals surface area contributed by atoms with Crippen molar-refractivity contribution in [3.05, 3.63) is 29.5 Å². The first-order chi connectivity index (χ1) is 10.8. The number of methoxy groups -OCH3 is 1. The Balaban J connectivity index is 1.91. The standard InChI is InChI=1S/C16H22N2O5/c1-16(2,3)23-15(20)18-7-5-11(6-8-18)9-12-10-22-13(17-12)14(19)21-4/h5,10H,6-9H2,1-4H3. The van der Waals surface area contributed by atoms with Crippen LogP contribution in [0.2, 0.25) is 0 Å². The number of carbonyl (C=O) groups is 2. The smallest absolute Gasteiger partial charge is 0.410 e. The fraction of sp³-hybridized carbons (Fsp3) is 0.562. The molecule has 1 amide bonds. The summed E-state index contributed by atoms with van der Waals surface area (Å²) >= 11 is 0. The van der Waals surface area contributed by atoms with Gasteiger partial charge in [0, 0.05) is 19.5 Å². The van der Waals surface area contributed by atoms with Crippen LogP contribution in [0.5, 0.6) is 0 Å². The van der Waals surface area contributed by atoms with E-state index in [1.54, 1.807) is 4.90 Å². The predicted octanol–water partition coefficient (Wildman–Crippen LogP) is 2.57. The molecule has 0 saturated carbocycles. The van der Waals surface area contributed by atoms with Crippen molar-refractivity contribution in [3.63, 3.8) is 0 Å². The van der Waals surface area contributed by atoms with E-state index in [1.807, 2.05) is 26.8 Å². The second kappa shape index (κ2) is 6.85. The van der Waals surface area contributed by atoms with E-state index in [4.69, 9.17) is 9.15 Å². The highest BCUT2D eigenvalue weighted by Gasteiger charge is 2.24. The average molecular weight is 322 g/mol. The van der Waals surface area contributed by atoms with Gasteiger partial charge < -0.3 is 18.8 Å². The van der Waals surface area contributed by atoms with Crippen LogP contribution in [0.25, 0.3) is 0 Å². The van der Waals surface area contributed by atoms with Gasteiger partial charge in [-0.1, -0.05) is 11.6 Å². The van der Waals surface area contributed by atoms with Gasteiger partial charge in [0.25, 0.3) is 0 Å². The van der Waals surface area contributed by atoms with Crippen molar-refractivity contribution in [1.82, 2.24) is 9.88 Å². The average Bonchev–Trinajstić information content (AvgIpc) is 2.94. The van der Waals surface area contributed by atoms with Gasteiger partial charge in [-0.15, -0.1) is 0 Å². The zero-order chi connectivity index (χ0) is 17.0. The van der Waals surface area contributed by atoms with Gasteiger partial charge in [-0.3, -0.25) is 0 Å². The maximum atomic E-state index is 12.0. The van der Waals surface area contributed by atoms with Gasteiger partial charge in [0.2, 0.25) is 0 Å². The lowest BCUT2D eigenvalue weighted by atomic mass is 10.0. The molecule has 0 aliphatic carbocycles. The van der Waals surface area contributed by atoms with Crippen molar-refractivity contribution in [2.45, 2.75) is 39.2 Å². The van der Waals surface area contributed by atoms with Crippen molar-refractivity contribution in [3.8, 4) is 0 Å². The van der Waals surface area contributed by atoms with Gasteiger partial charge in [-0.2, -0.15) is 0 Å². The minimum Gasteiger partial charge on any atom is -0.462 e. The van der Waals surface area contributed by atoms with Crippen LogP contribution in [0.4, 0.5) is 4.79 Å². The zero-order valence-corrected chi connectivity index (χ0v) is 13.9. The predicted molar refractivity (Wildman–Crippen MR) is 82.1 cm³/mol. The van der Waals surface area contributed by atoms with E-state index in [9.17, 15) is 9.59 Å². The van der Waals surface area contributed by atoms with Crippen LogP contribution in [-0.4, -0.2) is 47.7 Å². The summed E-state index contributed by atoms with van der Waals surface area (Å²) in [5.74, 6) is -0.640. The number of carbonyl (C=O) groups excluding carboxylic acids is 2. The molecule has 0 fully saturated rings. The molecule has 7 heteroatoms. The van der Waals surface area contributed by atoms with Crippen molar-refractivity contribution in [1.29, 1.82) is 0 Å². The number of amides is 1. The molecule has 2 rings (SSSR count). The third kappa shape index (κ3) is 4.84. The lowest BCUT2D eigenvalue weighted by Crippen LogP contribution is -2.39. The van der Waals surface area contributed by atoms with Crippen LogP contribution in [0.3, 0.4) is 0 Å². The van der Waals surface area contributed by atoms with Crippen LogP contribution in [0.1, 0.15) is 43.6 Å². The van der Waals surface area contributed by atoms with E-state index in [1.165, 1.54) is 13.4 Å². The first-order valence-corrected chi connectivity index (χ1v) is 7.47. The summed E-state index contributed by atoms with van der Waals surface area (Å²) < 4.78 is 15.0. The summed E-state index contributed by atoms with van der Waals surface area (Å²) in [6, 6.07) is 0. The van der Waals surface area contributed by atoms with Crippen LogP contribution < -0.4 is 0 Å². The minimum absolute atomic E-state index is 0.0470. The first kappa shape index (κ1) is 17.1. The van der Waals surface area contributed by atoms with Crippen molar-refractivity contribution < 1.29 is 23.5 Å². The number of hydrogen-bond acceptors (Lipinski definition) is 6. The molecule has 0 unspecified atom stereocenters. The third-order valence-electron chi connectivity index (χ3n) is 3.27. The van der Waals surface area contributed by atoms with E-state index >= 15 is 0 Å². The molecular formula is C16H22N2O5. The Morgan fingerprint density at radius 3 is 2.70 bits per heavy atom. The monoisotopic (exact) mass is 322 g/mol. The van der Waals surface area contributed by atoms with E-state index in [2.05, 4.69) is 9.72 Å². The molecule has 7 nitrogen and oxygen atoms in total. The van der Waals surface area contributed by atoms with Gasteiger partial charge in [0.15, 0.2) is 0 Å². The maximum Gasteiger partial charge on any atom is 0.410 e. The summed E-state index contributed by atoms with van der Waals surface area (Å²) in [5.41, 5.74) is 1.32. The second-order valence-corrected chi connectivity index (χ2v) is 6.35. The summed E-state index contributed by atoms with van der Waals surface area (Å²) in [6.07, 6.45) is 4.46. The van der Waals surface area contributed by atoms with Crippen molar-refractivity contribution in [2.75, 3.05) is 20.2 Å². The number of hydrogen-bond donors (Lipinski definition) is 0. The molecule has 1 aromatic rings. The Morgan fingerprint density at radius 1 is 1.39 bits per heavy atom. The number of aromatic nitrogens is 1. The van der Waals surface area contributed by atoms with Crippen LogP contribution >= 0.6 is 0 Å². The summed E-state index contributed by atoms with van der Waals surface area (Å²) in [4.78, 5) is 29.0. The van der Waals surface area contributed by atoms with Crippen LogP contribution in [0, 0.1) is 0 Å². The highest BCUT2D eigenvalue weighted by molar-refractivity contribution is 5.84. The van der Waals surface area contributed by atoms with E-state index in [0.29, 0.717) is 25.2 Å². The van der Waals surface area contributed by atoms with Crippen molar-refractivity contribution in [2.24, 2.45) is 0 Å². The molecule has 0 N–H and O–H groups in total. The fourth-order valence-electron chi connectivity index (χ4n) is 2.17. The number of ether oxygens (including phenoxy) is 2. The topological polar surface area (TPSA) is 81.9 Å². The van der Waals surface area contributed by atoms with Gasteiger partial charge in [-0.25, -0.2) is 14.6 Å². The molecule has 0 saturated heterocycles. The Kier molecular flexibility index (Phi) is 5.08. The number of esters is 1. The highest BCUT2D eigenvalue weighted by Crippen LogP contribution is 2.18. The van der Waals surface area contributed by atoms with Crippen molar-refractivity contribution >= 4 is 12.1 Å².